The van der Waals surface area contributed by atoms with Gasteiger partial charge in [-0.15, -0.1) is 5.10 Å². The van der Waals surface area contributed by atoms with Crippen LogP contribution in [0.25, 0.3) is 10.9 Å². The normalized spacial score (nSPS) is 11.0. The van der Waals surface area contributed by atoms with Gasteiger partial charge in [0.25, 0.3) is 5.91 Å². The third kappa shape index (κ3) is 3.26. The molecule has 0 unspecified atom stereocenters. The van der Waals surface area contributed by atoms with Crippen LogP contribution in [-0.2, 0) is 11.8 Å². The molecule has 0 saturated heterocycles. The monoisotopic (exact) mass is 325 g/mol. The van der Waals surface area contributed by atoms with Gasteiger partial charge in [0.2, 0.25) is 5.88 Å². The first kappa shape index (κ1) is 13.9. The molecule has 0 bridgehead atoms. The van der Waals surface area contributed by atoms with Gasteiger partial charge in [0.15, 0.2) is 6.61 Å². The molecule has 0 fully saturated rings. The van der Waals surface area contributed by atoms with Gasteiger partial charge in [-0.05, 0) is 32.0 Å². The second-order valence-electron chi connectivity index (χ2n) is 4.60. The zero-order chi connectivity index (χ0) is 14.0. The lowest BCUT2D eigenvalue weighted by molar-refractivity contribution is -0.123. The molecule has 1 heterocycles. The van der Waals surface area contributed by atoms with Crippen molar-refractivity contribution >= 4 is 32.7 Å². The predicted molar refractivity (Wildman–Crippen MR) is 77.2 cm³/mol. The number of halogens is 1. The van der Waals surface area contributed by atoms with Crippen LogP contribution in [0.1, 0.15) is 13.8 Å². The third-order valence-electron chi connectivity index (χ3n) is 2.57. The van der Waals surface area contributed by atoms with Gasteiger partial charge in [0, 0.05) is 17.6 Å². The van der Waals surface area contributed by atoms with E-state index in [0.717, 1.165) is 15.4 Å². The van der Waals surface area contributed by atoms with Crippen LogP contribution < -0.4 is 10.1 Å². The van der Waals surface area contributed by atoms with Crippen LogP contribution in [0.5, 0.6) is 5.88 Å². The minimum atomic E-state index is -0.149. The van der Waals surface area contributed by atoms with Crippen molar-refractivity contribution in [2.24, 2.45) is 7.05 Å². The van der Waals surface area contributed by atoms with Gasteiger partial charge in [-0.3, -0.25) is 9.48 Å². The summed E-state index contributed by atoms with van der Waals surface area (Å²) in [7, 11) is 1.84. The van der Waals surface area contributed by atoms with E-state index in [1.165, 1.54) is 0 Å². The van der Waals surface area contributed by atoms with Crippen LogP contribution in [0.3, 0.4) is 0 Å². The molecule has 1 aromatic carbocycles. The number of aromatic nitrogens is 2. The highest BCUT2D eigenvalue weighted by atomic mass is 79.9. The summed E-state index contributed by atoms with van der Waals surface area (Å²) in [6.07, 6.45) is 0. The summed E-state index contributed by atoms with van der Waals surface area (Å²) in [5.41, 5.74) is 0.961. The molecule has 0 saturated carbocycles. The maximum Gasteiger partial charge on any atom is 0.258 e. The van der Waals surface area contributed by atoms with Crippen molar-refractivity contribution in [3.63, 3.8) is 0 Å². The third-order valence-corrected chi connectivity index (χ3v) is 3.06. The van der Waals surface area contributed by atoms with E-state index in [-0.39, 0.29) is 18.6 Å². The molecular weight excluding hydrogens is 310 g/mol. The largest absolute Gasteiger partial charge is 0.466 e. The number of nitrogens with zero attached hydrogens (tertiary/aromatic N) is 2. The van der Waals surface area contributed by atoms with Crippen molar-refractivity contribution in [2.75, 3.05) is 6.61 Å². The van der Waals surface area contributed by atoms with E-state index in [1.807, 2.05) is 39.1 Å². The van der Waals surface area contributed by atoms with E-state index in [9.17, 15) is 4.79 Å². The highest BCUT2D eigenvalue weighted by Crippen LogP contribution is 2.27. The molecule has 102 valence electrons. The first-order valence-electron chi connectivity index (χ1n) is 6.02. The SMILES string of the molecule is CC(C)NC(=O)COc1nn(C)c2ccc(Br)cc12. The first-order chi connectivity index (χ1) is 8.97. The predicted octanol–water partition coefficient (Wildman–Crippen LogP) is 2.24. The fourth-order valence-corrected chi connectivity index (χ4v) is 2.17. The van der Waals surface area contributed by atoms with E-state index < -0.39 is 0 Å². The maximum atomic E-state index is 11.6. The van der Waals surface area contributed by atoms with E-state index in [1.54, 1.807) is 4.68 Å². The van der Waals surface area contributed by atoms with Crippen LogP contribution in [0.4, 0.5) is 0 Å². The molecule has 2 aromatic rings. The smallest absolute Gasteiger partial charge is 0.258 e. The lowest BCUT2D eigenvalue weighted by Gasteiger charge is -2.08. The maximum absolute atomic E-state index is 11.6. The van der Waals surface area contributed by atoms with Crippen molar-refractivity contribution < 1.29 is 9.53 Å². The van der Waals surface area contributed by atoms with Crippen LogP contribution >= 0.6 is 15.9 Å². The molecule has 0 atom stereocenters. The second-order valence-corrected chi connectivity index (χ2v) is 5.52. The fourth-order valence-electron chi connectivity index (χ4n) is 1.81. The van der Waals surface area contributed by atoms with Gasteiger partial charge in [0.1, 0.15) is 0 Å². The molecule has 0 aliphatic carbocycles. The molecule has 2 rings (SSSR count). The zero-order valence-corrected chi connectivity index (χ0v) is 12.7. The molecule has 0 spiro atoms. The van der Waals surface area contributed by atoms with E-state index in [2.05, 4.69) is 26.3 Å². The van der Waals surface area contributed by atoms with Crippen molar-refractivity contribution in [1.29, 1.82) is 0 Å². The van der Waals surface area contributed by atoms with Gasteiger partial charge >= 0.3 is 0 Å². The summed E-state index contributed by atoms with van der Waals surface area (Å²) < 4.78 is 8.18. The number of hydrogen-bond acceptors (Lipinski definition) is 3. The average Bonchev–Trinajstić information content (AvgIpc) is 2.62. The number of ether oxygens (including phenoxy) is 1. The highest BCUT2D eigenvalue weighted by Gasteiger charge is 2.12. The molecule has 19 heavy (non-hydrogen) atoms. The Balaban J connectivity index is 2.17. The Morgan fingerprint density at radius 3 is 2.95 bits per heavy atom. The van der Waals surface area contributed by atoms with Crippen molar-refractivity contribution in [3.8, 4) is 5.88 Å². The topological polar surface area (TPSA) is 56.1 Å². The number of amides is 1. The zero-order valence-electron chi connectivity index (χ0n) is 11.1. The quantitative estimate of drug-likeness (QED) is 0.937. The number of fused-ring (bicyclic) bond motifs is 1. The lowest BCUT2D eigenvalue weighted by Crippen LogP contribution is -2.34. The Morgan fingerprint density at radius 1 is 1.53 bits per heavy atom. The number of aryl methyl sites for hydroxylation is 1. The van der Waals surface area contributed by atoms with Crippen molar-refractivity contribution in [1.82, 2.24) is 15.1 Å². The molecule has 5 nitrogen and oxygen atoms in total. The second kappa shape index (κ2) is 5.61. The van der Waals surface area contributed by atoms with Crippen LogP contribution in [0.15, 0.2) is 22.7 Å². The van der Waals surface area contributed by atoms with Crippen LogP contribution in [-0.4, -0.2) is 28.3 Å². The average molecular weight is 326 g/mol. The molecule has 1 N–H and O–H groups in total. The van der Waals surface area contributed by atoms with Crippen molar-refractivity contribution in [3.05, 3.63) is 22.7 Å². The summed E-state index contributed by atoms with van der Waals surface area (Å²) >= 11 is 3.42. The van der Waals surface area contributed by atoms with E-state index >= 15 is 0 Å². The summed E-state index contributed by atoms with van der Waals surface area (Å²) in [4.78, 5) is 11.6. The molecular formula is C13H16BrN3O2. The van der Waals surface area contributed by atoms with E-state index in [0.29, 0.717) is 5.88 Å². The van der Waals surface area contributed by atoms with Gasteiger partial charge < -0.3 is 10.1 Å². The summed E-state index contributed by atoms with van der Waals surface area (Å²) in [6.45, 7) is 3.78. The highest BCUT2D eigenvalue weighted by molar-refractivity contribution is 9.10. The minimum Gasteiger partial charge on any atom is -0.466 e. The lowest BCUT2D eigenvalue weighted by atomic mass is 10.2. The minimum absolute atomic E-state index is 0.0309. The summed E-state index contributed by atoms with van der Waals surface area (Å²) in [6, 6.07) is 5.93. The standard InChI is InChI=1S/C13H16BrN3O2/c1-8(2)15-12(18)7-19-13-10-6-9(14)4-5-11(10)17(3)16-13/h4-6,8H,7H2,1-3H3,(H,15,18). The number of nitrogens with one attached hydrogen (secondary N) is 1. The van der Waals surface area contributed by atoms with Crippen LogP contribution in [0, 0.1) is 0 Å². The first-order valence-corrected chi connectivity index (χ1v) is 6.81. The molecule has 6 heteroatoms. The number of benzene rings is 1. The molecule has 1 amide bonds. The van der Waals surface area contributed by atoms with Crippen LogP contribution in [0.2, 0.25) is 0 Å². The van der Waals surface area contributed by atoms with Gasteiger partial charge in [-0.25, -0.2) is 0 Å². The van der Waals surface area contributed by atoms with E-state index in [4.69, 9.17) is 4.74 Å². The number of carbonyl (C=O) groups excluding carboxylic acids is 1. The van der Waals surface area contributed by atoms with Gasteiger partial charge in [0.05, 0.1) is 10.9 Å². The Morgan fingerprint density at radius 2 is 2.26 bits per heavy atom. The molecule has 0 aliphatic rings. The Bertz CT molecular complexity index is 607. The van der Waals surface area contributed by atoms with Crippen molar-refractivity contribution in [2.45, 2.75) is 19.9 Å². The molecule has 1 aromatic heterocycles. The molecule has 0 radical (unpaired) electrons. The Hall–Kier alpha value is -1.56. The number of rotatable bonds is 4. The fraction of sp³-hybridized carbons (Fsp3) is 0.385. The summed E-state index contributed by atoms with van der Waals surface area (Å²) in [5, 5.41) is 7.93. The summed E-state index contributed by atoms with van der Waals surface area (Å²) in [5.74, 6) is 0.321. The molecule has 0 aliphatic heterocycles. The number of hydrogen-bond donors (Lipinski definition) is 1. The van der Waals surface area contributed by atoms with Gasteiger partial charge in [-0.2, -0.15) is 0 Å². The number of carbonyl (C=O) groups is 1. The Kier molecular flexibility index (Phi) is 4.09. The van der Waals surface area contributed by atoms with Gasteiger partial charge in [-0.1, -0.05) is 15.9 Å². The Labute approximate surface area is 120 Å².